The van der Waals surface area contributed by atoms with E-state index in [0.717, 1.165) is 37.8 Å². The first kappa shape index (κ1) is 19.1. The second-order valence-corrected chi connectivity index (χ2v) is 6.74. The van der Waals surface area contributed by atoms with Crippen molar-refractivity contribution < 1.29 is 19.4 Å². The number of hydrogen-bond donors (Lipinski definition) is 1. The molecule has 0 saturated heterocycles. The third-order valence-corrected chi connectivity index (χ3v) is 4.75. The molecule has 0 bridgehead atoms. The number of para-hydroxylation sites is 3. The van der Waals surface area contributed by atoms with Crippen LogP contribution in [0.4, 0.5) is 5.69 Å². The normalized spacial score (nSPS) is 12.8. The van der Waals surface area contributed by atoms with E-state index >= 15 is 0 Å². The van der Waals surface area contributed by atoms with Crippen molar-refractivity contribution in [1.29, 1.82) is 0 Å². The van der Waals surface area contributed by atoms with Crippen molar-refractivity contribution in [3.05, 3.63) is 54.1 Å². The Balaban J connectivity index is 1.60. The Bertz CT molecular complexity index is 802. The number of benzene rings is 2. The van der Waals surface area contributed by atoms with Crippen LogP contribution >= 0.6 is 0 Å². The Labute approximate surface area is 159 Å². The monoisotopic (exact) mass is 367 g/mol. The Hall–Kier alpha value is -2.66. The van der Waals surface area contributed by atoms with Gasteiger partial charge in [0.25, 0.3) is 5.91 Å². The number of aliphatic hydroxyl groups excluding tert-OH is 1. The number of fused-ring (bicyclic) bond motifs is 2. The molecule has 1 aliphatic rings. The summed E-state index contributed by atoms with van der Waals surface area (Å²) in [4.78, 5) is 25.9. The number of nitrogens with zero attached hydrogens (tertiary/aromatic N) is 1. The maximum Gasteiger partial charge on any atom is 0.262 e. The minimum absolute atomic E-state index is 0.0379. The lowest BCUT2D eigenvalue weighted by Gasteiger charge is -2.22. The van der Waals surface area contributed by atoms with E-state index in [1.807, 2.05) is 42.5 Å². The second-order valence-electron chi connectivity index (χ2n) is 6.74. The number of ether oxygens (including phenoxy) is 1. The van der Waals surface area contributed by atoms with E-state index < -0.39 is 0 Å². The van der Waals surface area contributed by atoms with Gasteiger partial charge in [0.2, 0.25) is 0 Å². The quantitative estimate of drug-likeness (QED) is 0.670. The van der Waals surface area contributed by atoms with Gasteiger partial charge in [0.05, 0.1) is 11.3 Å². The summed E-state index contributed by atoms with van der Waals surface area (Å²) in [6.07, 6.45) is 5.10. The number of Topliss-reactive ketones (excluding diaryl/α,β-unsaturated/α-hetero) is 1. The molecule has 0 radical (unpaired) electrons. The van der Waals surface area contributed by atoms with Crippen LogP contribution in [0.2, 0.25) is 0 Å². The minimum atomic E-state index is -0.361. The zero-order valence-corrected chi connectivity index (χ0v) is 15.4. The average Bonchev–Trinajstić information content (AvgIpc) is 2.81. The second kappa shape index (κ2) is 9.33. The number of ketones is 1. The van der Waals surface area contributed by atoms with Crippen LogP contribution in [0.25, 0.3) is 0 Å². The highest BCUT2D eigenvalue weighted by Gasteiger charge is 2.27. The van der Waals surface area contributed by atoms with Gasteiger partial charge in [-0.05, 0) is 37.1 Å². The van der Waals surface area contributed by atoms with Gasteiger partial charge in [-0.3, -0.25) is 9.59 Å². The Morgan fingerprint density at radius 1 is 0.889 bits per heavy atom. The molecule has 5 nitrogen and oxygen atoms in total. The van der Waals surface area contributed by atoms with Gasteiger partial charge in [0.1, 0.15) is 12.4 Å². The fourth-order valence-electron chi connectivity index (χ4n) is 3.30. The molecule has 5 heteroatoms. The molecule has 1 N–H and O–H groups in total. The van der Waals surface area contributed by atoms with E-state index in [9.17, 15) is 9.59 Å². The van der Waals surface area contributed by atoms with Crippen molar-refractivity contribution in [3.63, 3.8) is 0 Å². The highest BCUT2D eigenvalue weighted by Crippen LogP contribution is 2.38. The lowest BCUT2D eigenvalue weighted by Crippen LogP contribution is -2.31. The zero-order chi connectivity index (χ0) is 19.1. The lowest BCUT2D eigenvalue weighted by atomic mass is 10.1. The molecule has 142 valence electrons. The van der Waals surface area contributed by atoms with Crippen LogP contribution in [0.15, 0.2) is 48.5 Å². The van der Waals surface area contributed by atoms with E-state index in [0.29, 0.717) is 30.0 Å². The third-order valence-electron chi connectivity index (χ3n) is 4.75. The maximum absolute atomic E-state index is 13.1. The molecule has 0 fully saturated rings. The zero-order valence-electron chi connectivity index (χ0n) is 15.4. The summed E-state index contributed by atoms with van der Waals surface area (Å²) in [5.74, 6) is 1.15. The molecule has 0 saturated carbocycles. The highest BCUT2D eigenvalue weighted by molar-refractivity contribution is 6.09. The number of unbranched alkanes of at least 4 members (excludes halogenated alkanes) is 4. The largest absolute Gasteiger partial charge is 0.454 e. The summed E-state index contributed by atoms with van der Waals surface area (Å²) >= 11 is 0. The van der Waals surface area contributed by atoms with E-state index in [-0.39, 0.29) is 18.3 Å². The molecule has 0 aromatic heterocycles. The van der Waals surface area contributed by atoms with Gasteiger partial charge < -0.3 is 14.7 Å². The predicted octanol–water partition coefficient (Wildman–Crippen LogP) is 4.34. The van der Waals surface area contributed by atoms with Crippen molar-refractivity contribution >= 4 is 17.4 Å². The Morgan fingerprint density at radius 2 is 1.56 bits per heavy atom. The van der Waals surface area contributed by atoms with Crippen LogP contribution < -0.4 is 9.64 Å². The van der Waals surface area contributed by atoms with Crippen LogP contribution in [-0.2, 0) is 4.79 Å². The average molecular weight is 367 g/mol. The predicted molar refractivity (Wildman–Crippen MR) is 104 cm³/mol. The molecule has 1 heterocycles. The van der Waals surface area contributed by atoms with Crippen molar-refractivity contribution in [2.75, 3.05) is 18.1 Å². The van der Waals surface area contributed by atoms with Crippen molar-refractivity contribution in [2.24, 2.45) is 0 Å². The lowest BCUT2D eigenvalue weighted by molar-refractivity contribution is -0.121. The fraction of sp³-hybridized carbons (Fsp3) is 0.364. The maximum atomic E-state index is 13.1. The molecule has 3 rings (SSSR count). The first-order valence-electron chi connectivity index (χ1n) is 9.51. The minimum Gasteiger partial charge on any atom is -0.454 e. The molecule has 0 unspecified atom stereocenters. The molecule has 0 aliphatic carbocycles. The van der Waals surface area contributed by atoms with E-state index in [1.54, 1.807) is 11.0 Å². The summed E-state index contributed by atoms with van der Waals surface area (Å²) in [7, 11) is 0. The summed E-state index contributed by atoms with van der Waals surface area (Å²) < 4.78 is 5.98. The van der Waals surface area contributed by atoms with Crippen LogP contribution in [-0.4, -0.2) is 29.9 Å². The SMILES string of the molecule is O=C(CO)CCCCCCCN1C(=O)c2ccccc2Oc2ccccc21. The Kier molecular flexibility index (Phi) is 6.60. The number of anilines is 1. The van der Waals surface area contributed by atoms with Crippen LogP contribution in [0.1, 0.15) is 48.9 Å². The first-order valence-corrected chi connectivity index (χ1v) is 9.51. The number of carbonyl (C=O) groups is 2. The topological polar surface area (TPSA) is 66.8 Å². The molecular formula is C22H25NO4. The molecule has 2 aromatic rings. The van der Waals surface area contributed by atoms with Crippen LogP contribution in [0, 0.1) is 0 Å². The molecule has 0 spiro atoms. The van der Waals surface area contributed by atoms with Gasteiger partial charge in [-0.1, -0.05) is 43.5 Å². The van der Waals surface area contributed by atoms with Crippen molar-refractivity contribution in [3.8, 4) is 11.5 Å². The molecule has 27 heavy (non-hydrogen) atoms. The van der Waals surface area contributed by atoms with Crippen molar-refractivity contribution in [1.82, 2.24) is 0 Å². The van der Waals surface area contributed by atoms with Gasteiger partial charge in [0, 0.05) is 13.0 Å². The third kappa shape index (κ3) is 4.74. The van der Waals surface area contributed by atoms with Gasteiger partial charge in [-0.2, -0.15) is 0 Å². The summed E-state index contributed by atoms with van der Waals surface area (Å²) in [5, 5.41) is 8.72. The number of carbonyl (C=O) groups excluding carboxylic acids is 2. The van der Waals surface area contributed by atoms with Gasteiger partial charge in [0.15, 0.2) is 11.5 Å². The molecule has 1 aliphatic heterocycles. The standard InChI is InChI=1S/C22H25NO4/c24-16-17(25)10-4-2-1-3-9-15-23-19-12-6-8-14-21(19)27-20-13-7-5-11-18(20)22(23)26/h5-8,11-14,24H,1-4,9-10,15-16H2. The van der Waals surface area contributed by atoms with Gasteiger partial charge in [-0.25, -0.2) is 0 Å². The van der Waals surface area contributed by atoms with Gasteiger partial charge in [-0.15, -0.1) is 0 Å². The number of rotatable bonds is 9. The first-order chi connectivity index (χ1) is 13.2. The summed E-state index contributed by atoms with van der Waals surface area (Å²) in [6, 6.07) is 15.0. The molecule has 1 amide bonds. The number of aliphatic hydroxyl groups is 1. The van der Waals surface area contributed by atoms with E-state index in [4.69, 9.17) is 9.84 Å². The van der Waals surface area contributed by atoms with Crippen LogP contribution in [0.5, 0.6) is 11.5 Å². The van der Waals surface area contributed by atoms with E-state index in [1.165, 1.54) is 0 Å². The summed E-state index contributed by atoms with van der Waals surface area (Å²) in [5.41, 5.74) is 1.38. The van der Waals surface area contributed by atoms with Crippen LogP contribution in [0.3, 0.4) is 0 Å². The fourth-order valence-corrected chi connectivity index (χ4v) is 3.30. The molecular weight excluding hydrogens is 342 g/mol. The molecule has 2 aromatic carbocycles. The van der Waals surface area contributed by atoms with Gasteiger partial charge >= 0.3 is 0 Å². The summed E-state index contributed by atoms with van der Waals surface area (Å²) in [6.45, 7) is 0.267. The smallest absolute Gasteiger partial charge is 0.262 e. The number of hydrogen-bond acceptors (Lipinski definition) is 4. The number of amides is 1. The van der Waals surface area contributed by atoms with E-state index in [2.05, 4.69) is 0 Å². The molecule has 0 atom stereocenters. The highest BCUT2D eigenvalue weighted by atomic mass is 16.5. The van der Waals surface area contributed by atoms with Crippen molar-refractivity contribution in [2.45, 2.75) is 38.5 Å². The Morgan fingerprint density at radius 3 is 2.37 bits per heavy atom.